The predicted octanol–water partition coefficient (Wildman–Crippen LogP) is 4.89. The molecule has 0 aromatic heterocycles. The van der Waals surface area contributed by atoms with Gasteiger partial charge in [-0.05, 0) is 72.2 Å². The van der Waals surface area contributed by atoms with Crippen LogP contribution in [-0.4, -0.2) is 17.6 Å². The summed E-state index contributed by atoms with van der Waals surface area (Å²) >= 11 is 0. The van der Waals surface area contributed by atoms with Crippen LogP contribution in [0.3, 0.4) is 0 Å². The standard InChI is InChI=1S/C25H28N2O3/c1-24(2)13-19(24)22(29)26-17-9-5-15(6-10-17)21(28)16-7-11-18(12-8-16)27-23(30)20-14-25(20,3)4/h5-12,19-20H,13-14H2,1-4H3,(H,26,29)(H,27,30)/t19-,20-/m0/s1. The van der Waals surface area contributed by atoms with Crippen molar-refractivity contribution in [3.63, 3.8) is 0 Å². The van der Waals surface area contributed by atoms with Gasteiger partial charge >= 0.3 is 0 Å². The maximum atomic E-state index is 12.7. The van der Waals surface area contributed by atoms with Crippen LogP contribution in [0.15, 0.2) is 48.5 Å². The zero-order chi connectivity index (χ0) is 21.7. The number of ketones is 1. The third kappa shape index (κ3) is 4.16. The summed E-state index contributed by atoms with van der Waals surface area (Å²) in [5, 5.41) is 5.84. The van der Waals surface area contributed by atoms with E-state index in [1.165, 1.54) is 0 Å². The molecular weight excluding hydrogens is 376 g/mol. The number of amides is 2. The molecule has 5 heteroatoms. The highest BCUT2D eigenvalue weighted by molar-refractivity contribution is 6.09. The molecule has 2 atom stereocenters. The van der Waals surface area contributed by atoms with Crippen molar-refractivity contribution in [2.75, 3.05) is 10.6 Å². The Labute approximate surface area is 177 Å². The third-order valence-corrected chi connectivity index (χ3v) is 6.49. The quantitative estimate of drug-likeness (QED) is 0.673. The molecule has 2 aromatic rings. The fraction of sp³-hybridized carbons (Fsp3) is 0.400. The first-order valence-corrected chi connectivity index (χ1v) is 10.4. The molecule has 0 radical (unpaired) electrons. The van der Waals surface area contributed by atoms with Crippen LogP contribution in [0.4, 0.5) is 11.4 Å². The van der Waals surface area contributed by atoms with E-state index in [1.807, 2.05) is 0 Å². The molecule has 30 heavy (non-hydrogen) atoms. The fourth-order valence-corrected chi connectivity index (χ4v) is 3.86. The number of hydrogen-bond acceptors (Lipinski definition) is 3. The molecule has 2 aliphatic rings. The molecule has 4 rings (SSSR count). The number of rotatable bonds is 6. The van der Waals surface area contributed by atoms with Gasteiger partial charge in [-0.3, -0.25) is 14.4 Å². The lowest BCUT2D eigenvalue weighted by molar-refractivity contribution is -0.118. The van der Waals surface area contributed by atoms with Gasteiger partial charge in [0.05, 0.1) is 0 Å². The second kappa shape index (κ2) is 7.08. The van der Waals surface area contributed by atoms with E-state index in [9.17, 15) is 14.4 Å². The molecular formula is C25H28N2O3. The van der Waals surface area contributed by atoms with Crippen LogP contribution in [-0.2, 0) is 9.59 Å². The molecule has 2 amide bonds. The van der Waals surface area contributed by atoms with Crippen LogP contribution >= 0.6 is 0 Å². The number of anilines is 2. The lowest BCUT2D eigenvalue weighted by Crippen LogP contribution is -2.16. The van der Waals surface area contributed by atoms with E-state index in [2.05, 4.69) is 38.3 Å². The highest BCUT2D eigenvalue weighted by Crippen LogP contribution is 2.52. The van der Waals surface area contributed by atoms with Crippen LogP contribution < -0.4 is 10.6 Å². The van der Waals surface area contributed by atoms with Gasteiger partial charge in [-0.25, -0.2) is 0 Å². The molecule has 0 spiro atoms. The van der Waals surface area contributed by atoms with Gasteiger partial charge < -0.3 is 10.6 Å². The second-order valence-electron chi connectivity index (χ2n) is 9.95. The van der Waals surface area contributed by atoms with E-state index in [-0.39, 0.29) is 40.3 Å². The van der Waals surface area contributed by atoms with Crippen LogP contribution in [0.5, 0.6) is 0 Å². The number of benzene rings is 2. The molecule has 0 bridgehead atoms. The Morgan fingerprint density at radius 3 is 1.23 bits per heavy atom. The molecule has 156 valence electrons. The Balaban J connectivity index is 1.36. The smallest absolute Gasteiger partial charge is 0.228 e. The molecule has 2 fully saturated rings. The van der Waals surface area contributed by atoms with Gasteiger partial charge in [0, 0.05) is 34.3 Å². The number of hydrogen-bond donors (Lipinski definition) is 2. The molecule has 5 nitrogen and oxygen atoms in total. The second-order valence-corrected chi connectivity index (χ2v) is 9.95. The monoisotopic (exact) mass is 404 g/mol. The van der Waals surface area contributed by atoms with E-state index in [0.717, 1.165) is 12.8 Å². The average Bonchev–Trinajstić information content (AvgIpc) is 3.55. The minimum atomic E-state index is -0.0996. The van der Waals surface area contributed by atoms with Gasteiger partial charge in [0.15, 0.2) is 5.78 Å². The van der Waals surface area contributed by atoms with Crippen molar-refractivity contribution in [2.24, 2.45) is 22.7 Å². The van der Waals surface area contributed by atoms with E-state index < -0.39 is 0 Å². The highest BCUT2D eigenvalue weighted by Gasteiger charge is 2.51. The predicted molar refractivity (Wildman–Crippen MR) is 117 cm³/mol. The number of carbonyl (C=O) groups is 3. The largest absolute Gasteiger partial charge is 0.326 e. The van der Waals surface area contributed by atoms with Crippen molar-refractivity contribution < 1.29 is 14.4 Å². The Morgan fingerprint density at radius 1 is 0.667 bits per heavy atom. The maximum Gasteiger partial charge on any atom is 0.228 e. The first-order chi connectivity index (χ1) is 14.1. The van der Waals surface area contributed by atoms with Crippen molar-refractivity contribution in [3.8, 4) is 0 Å². The first-order valence-electron chi connectivity index (χ1n) is 10.4. The third-order valence-electron chi connectivity index (χ3n) is 6.49. The Morgan fingerprint density at radius 2 is 0.967 bits per heavy atom. The van der Waals surface area contributed by atoms with E-state index in [1.54, 1.807) is 48.5 Å². The summed E-state index contributed by atoms with van der Waals surface area (Å²) in [4.78, 5) is 37.2. The Bertz CT molecular complexity index is 922. The number of carbonyl (C=O) groups excluding carboxylic acids is 3. The first kappa shape index (κ1) is 20.3. The Hall–Kier alpha value is -2.95. The minimum absolute atomic E-state index is 0.0336. The van der Waals surface area contributed by atoms with Crippen LogP contribution in [0.25, 0.3) is 0 Å². The molecule has 2 saturated carbocycles. The lowest BCUT2D eigenvalue weighted by Gasteiger charge is -2.09. The summed E-state index contributed by atoms with van der Waals surface area (Å²) in [5.74, 6) is 0.0857. The van der Waals surface area contributed by atoms with E-state index in [0.29, 0.717) is 22.5 Å². The van der Waals surface area contributed by atoms with Crippen molar-refractivity contribution in [1.29, 1.82) is 0 Å². The summed E-state index contributed by atoms with van der Waals surface area (Å²) in [7, 11) is 0. The lowest BCUT2D eigenvalue weighted by atomic mass is 10.0. The molecule has 0 heterocycles. The molecule has 0 saturated heterocycles. The SMILES string of the molecule is CC1(C)C[C@H]1C(=O)Nc1ccc(C(=O)c2ccc(NC(=O)[C@@H]3CC3(C)C)cc2)cc1. The van der Waals surface area contributed by atoms with Gasteiger partial charge in [0.25, 0.3) is 0 Å². The van der Waals surface area contributed by atoms with Crippen molar-refractivity contribution in [1.82, 2.24) is 0 Å². The Kier molecular flexibility index (Phi) is 4.80. The molecule has 2 aliphatic carbocycles. The molecule has 0 unspecified atom stereocenters. The minimum Gasteiger partial charge on any atom is -0.326 e. The molecule has 2 N–H and O–H groups in total. The van der Waals surface area contributed by atoms with Gasteiger partial charge in [0.2, 0.25) is 11.8 Å². The topological polar surface area (TPSA) is 75.3 Å². The van der Waals surface area contributed by atoms with Crippen molar-refractivity contribution in [2.45, 2.75) is 40.5 Å². The van der Waals surface area contributed by atoms with E-state index in [4.69, 9.17) is 0 Å². The average molecular weight is 405 g/mol. The van der Waals surface area contributed by atoms with Gasteiger partial charge in [0.1, 0.15) is 0 Å². The van der Waals surface area contributed by atoms with Gasteiger partial charge in [-0.2, -0.15) is 0 Å². The molecule has 0 aliphatic heterocycles. The highest BCUT2D eigenvalue weighted by atomic mass is 16.2. The normalized spacial score (nSPS) is 22.7. The maximum absolute atomic E-state index is 12.7. The zero-order valence-electron chi connectivity index (χ0n) is 17.9. The summed E-state index contributed by atoms with van der Waals surface area (Å²) in [6.45, 7) is 8.34. The van der Waals surface area contributed by atoms with Crippen molar-refractivity contribution in [3.05, 3.63) is 59.7 Å². The van der Waals surface area contributed by atoms with Crippen LogP contribution in [0.2, 0.25) is 0 Å². The fourth-order valence-electron chi connectivity index (χ4n) is 3.86. The number of nitrogens with one attached hydrogen (secondary N) is 2. The van der Waals surface area contributed by atoms with Crippen molar-refractivity contribution >= 4 is 29.0 Å². The summed E-state index contributed by atoms with van der Waals surface area (Å²) in [6, 6.07) is 13.9. The van der Waals surface area contributed by atoms with E-state index >= 15 is 0 Å². The van der Waals surface area contributed by atoms with Crippen LogP contribution in [0, 0.1) is 22.7 Å². The van der Waals surface area contributed by atoms with Gasteiger partial charge in [-0.15, -0.1) is 0 Å². The van der Waals surface area contributed by atoms with Gasteiger partial charge in [-0.1, -0.05) is 27.7 Å². The summed E-state index contributed by atoms with van der Waals surface area (Å²) < 4.78 is 0. The molecule has 2 aromatic carbocycles. The summed E-state index contributed by atoms with van der Waals surface area (Å²) in [6.07, 6.45) is 1.81. The zero-order valence-corrected chi connectivity index (χ0v) is 17.9. The van der Waals surface area contributed by atoms with Crippen LogP contribution in [0.1, 0.15) is 56.5 Å². The summed E-state index contributed by atoms with van der Waals surface area (Å²) in [5.41, 5.74) is 2.66.